The Balaban J connectivity index is 1.74. The first-order valence-electron chi connectivity index (χ1n) is 9.68. The van der Waals surface area contributed by atoms with Crippen LogP contribution in [0.3, 0.4) is 0 Å². The normalized spacial score (nSPS) is 19.3. The molecule has 0 radical (unpaired) electrons. The summed E-state index contributed by atoms with van der Waals surface area (Å²) in [7, 11) is 0. The van der Waals surface area contributed by atoms with Crippen molar-refractivity contribution >= 4 is 16.7 Å². The number of nitrogens with zero attached hydrogens (tertiary/aromatic N) is 3. The molecule has 31 heavy (non-hydrogen) atoms. The van der Waals surface area contributed by atoms with Gasteiger partial charge in [-0.05, 0) is 20.3 Å². The van der Waals surface area contributed by atoms with Gasteiger partial charge in [-0.3, -0.25) is 4.79 Å². The molecule has 4 rings (SSSR count). The summed E-state index contributed by atoms with van der Waals surface area (Å²) in [6.45, 7) is 3.13. The van der Waals surface area contributed by atoms with Crippen LogP contribution < -0.4 is 10.9 Å². The molecule has 1 saturated carbocycles. The molecule has 0 bridgehead atoms. The second-order valence-corrected chi connectivity index (χ2v) is 7.67. The van der Waals surface area contributed by atoms with Gasteiger partial charge in [0.1, 0.15) is 18.0 Å². The summed E-state index contributed by atoms with van der Waals surface area (Å²) in [5.74, 6) is -1.66. The Morgan fingerprint density at radius 2 is 1.87 bits per heavy atom. The summed E-state index contributed by atoms with van der Waals surface area (Å²) in [6, 6.07) is 2.40. The summed E-state index contributed by atoms with van der Waals surface area (Å²) in [5, 5.41) is 3.38. The van der Waals surface area contributed by atoms with Gasteiger partial charge in [0.2, 0.25) is 6.43 Å². The van der Waals surface area contributed by atoms with Crippen molar-refractivity contribution in [2.75, 3.05) is 5.32 Å². The van der Waals surface area contributed by atoms with Crippen molar-refractivity contribution in [3.05, 3.63) is 63.6 Å². The maximum Gasteiger partial charge on any atom is 0.266 e. The number of benzene rings is 1. The summed E-state index contributed by atoms with van der Waals surface area (Å²) in [4.78, 5) is 20.9. The first-order valence-corrected chi connectivity index (χ1v) is 9.68. The van der Waals surface area contributed by atoms with Crippen LogP contribution in [-0.4, -0.2) is 21.0 Å². The highest BCUT2D eigenvalue weighted by Gasteiger charge is 2.46. The number of halogens is 5. The van der Waals surface area contributed by atoms with Crippen molar-refractivity contribution in [2.45, 2.75) is 45.2 Å². The van der Waals surface area contributed by atoms with Gasteiger partial charge in [0.15, 0.2) is 0 Å². The predicted octanol–water partition coefficient (Wildman–Crippen LogP) is 5.18. The van der Waals surface area contributed by atoms with E-state index in [-0.39, 0.29) is 23.4 Å². The van der Waals surface area contributed by atoms with Crippen molar-refractivity contribution < 1.29 is 22.0 Å². The molecule has 0 amide bonds. The number of fused-ring (bicyclic) bond motifs is 1. The molecule has 3 atom stereocenters. The molecule has 2 aromatic heterocycles. The Morgan fingerprint density at radius 3 is 2.52 bits per heavy atom. The van der Waals surface area contributed by atoms with Crippen LogP contribution in [0.15, 0.2) is 35.5 Å². The maximum atomic E-state index is 14.5. The summed E-state index contributed by atoms with van der Waals surface area (Å²) in [5.41, 5.74) is -0.470. The van der Waals surface area contributed by atoms with Crippen LogP contribution in [-0.2, 0) is 0 Å². The highest BCUT2D eigenvalue weighted by atomic mass is 19.3. The van der Waals surface area contributed by atoms with Crippen LogP contribution >= 0.6 is 0 Å². The highest BCUT2D eigenvalue weighted by molar-refractivity contribution is 5.90. The van der Waals surface area contributed by atoms with Crippen molar-refractivity contribution in [3.63, 3.8) is 0 Å². The SMILES string of the molecule is Cc1c(=O)n([C@@H]2CC2C(F)F)cc2c(N[C@H](C)c3cccc(C(F)F)c3F)ncnc12. The molecule has 3 aromatic rings. The molecule has 1 unspecified atom stereocenters. The maximum absolute atomic E-state index is 14.5. The van der Waals surface area contributed by atoms with Crippen molar-refractivity contribution in [3.8, 4) is 0 Å². The van der Waals surface area contributed by atoms with E-state index in [4.69, 9.17) is 0 Å². The van der Waals surface area contributed by atoms with Crippen LogP contribution in [0.4, 0.5) is 27.8 Å². The summed E-state index contributed by atoms with van der Waals surface area (Å²) < 4.78 is 67.9. The Bertz CT molecular complexity index is 1200. The molecule has 164 valence electrons. The van der Waals surface area contributed by atoms with Crippen LogP contribution in [0.5, 0.6) is 0 Å². The van der Waals surface area contributed by atoms with E-state index in [9.17, 15) is 26.7 Å². The number of aromatic nitrogens is 3. The molecule has 5 nitrogen and oxygen atoms in total. The van der Waals surface area contributed by atoms with Crippen LogP contribution in [0, 0.1) is 18.7 Å². The number of nitrogens with one attached hydrogen (secondary N) is 1. The summed E-state index contributed by atoms with van der Waals surface area (Å²) >= 11 is 0. The number of pyridine rings is 1. The highest BCUT2D eigenvalue weighted by Crippen LogP contribution is 2.47. The Kier molecular flexibility index (Phi) is 5.40. The summed E-state index contributed by atoms with van der Waals surface area (Å²) in [6.07, 6.45) is -2.63. The lowest BCUT2D eigenvalue weighted by molar-refractivity contribution is 0.116. The Hall–Kier alpha value is -3.04. The van der Waals surface area contributed by atoms with Gasteiger partial charge in [-0.2, -0.15) is 0 Å². The second-order valence-electron chi connectivity index (χ2n) is 7.67. The standard InChI is InChI=1S/C21H19F5N4O/c1-9-17-14(7-30(21(9)31)15-6-13(15)19(25)26)20(28-8-27-17)29-10(2)11-4-3-5-12(16(11)22)18(23)24/h3-5,7-8,10,13,15,18-19H,6H2,1-2H3,(H,27,28,29)/t10-,13?,15-/m1/s1. The monoisotopic (exact) mass is 438 g/mol. The average molecular weight is 438 g/mol. The van der Waals surface area contributed by atoms with Crippen molar-refractivity contribution in [1.82, 2.24) is 14.5 Å². The molecular formula is C21H19F5N4O. The molecule has 1 N–H and O–H groups in total. The fourth-order valence-corrected chi connectivity index (χ4v) is 3.82. The minimum Gasteiger partial charge on any atom is -0.363 e. The largest absolute Gasteiger partial charge is 0.363 e. The zero-order valence-corrected chi connectivity index (χ0v) is 16.6. The van der Waals surface area contributed by atoms with Crippen molar-refractivity contribution in [1.29, 1.82) is 0 Å². The molecule has 0 saturated heterocycles. The molecule has 2 heterocycles. The van der Waals surface area contributed by atoms with Gasteiger partial charge in [-0.25, -0.2) is 31.9 Å². The van der Waals surface area contributed by atoms with Gasteiger partial charge in [0.05, 0.1) is 22.5 Å². The number of hydrogen-bond acceptors (Lipinski definition) is 4. The number of alkyl halides is 4. The molecule has 1 fully saturated rings. The molecule has 10 heteroatoms. The smallest absolute Gasteiger partial charge is 0.266 e. The number of aryl methyl sites for hydroxylation is 1. The van der Waals surface area contributed by atoms with Crippen LogP contribution in [0.2, 0.25) is 0 Å². The van der Waals surface area contributed by atoms with Gasteiger partial charge in [0.25, 0.3) is 12.0 Å². The zero-order chi connectivity index (χ0) is 22.4. The lowest BCUT2D eigenvalue weighted by atomic mass is 10.0. The molecular weight excluding hydrogens is 419 g/mol. The third-order valence-electron chi connectivity index (χ3n) is 5.66. The van der Waals surface area contributed by atoms with E-state index in [1.54, 1.807) is 13.8 Å². The molecule has 1 aromatic carbocycles. The molecule has 0 aliphatic heterocycles. The van der Waals surface area contributed by atoms with Gasteiger partial charge in [-0.1, -0.05) is 18.2 Å². The third kappa shape index (κ3) is 3.75. The predicted molar refractivity (Wildman–Crippen MR) is 105 cm³/mol. The number of anilines is 1. The van der Waals surface area contributed by atoms with Crippen LogP contribution in [0.1, 0.15) is 48.5 Å². The second kappa shape index (κ2) is 7.90. The van der Waals surface area contributed by atoms with E-state index in [0.29, 0.717) is 10.9 Å². The fourth-order valence-electron chi connectivity index (χ4n) is 3.82. The molecule has 0 spiro atoms. The minimum absolute atomic E-state index is 0.0227. The van der Waals surface area contributed by atoms with E-state index in [1.165, 1.54) is 29.2 Å². The van der Waals surface area contributed by atoms with E-state index in [2.05, 4.69) is 15.3 Å². The van der Waals surface area contributed by atoms with E-state index >= 15 is 0 Å². The van der Waals surface area contributed by atoms with E-state index in [0.717, 1.165) is 6.07 Å². The van der Waals surface area contributed by atoms with Crippen molar-refractivity contribution in [2.24, 2.45) is 5.92 Å². The Morgan fingerprint density at radius 1 is 1.16 bits per heavy atom. The third-order valence-corrected chi connectivity index (χ3v) is 5.66. The number of hydrogen-bond donors (Lipinski definition) is 1. The average Bonchev–Trinajstić information content (AvgIpc) is 3.52. The van der Waals surface area contributed by atoms with Gasteiger partial charge >= 0.3 is 0 Å². The van der Waals surface area contributed by atoms with Gasteiger partial charge in [0, 0.05) is 29.3 Å². The van der Waals surface area contributed by atoms with Gasteiger partial charge < -0.3 is 9.88 Å². The fraction of sp³-hybridized carbons (Fsp3) is 0.381. The number of rotatable bonds is 6. The van der Waals surface area contributed by atoms with Crippen LogP contribution in [0.25, 0.3) is 10.9 Å². The molecule has 1 aliphatic rings. The lowest BCUT2D eigenvalue weighted by Crippen LogP contribution is -2.23. The Labute approximate surface area is 173 Å². The van der Waals surface area contributed by atoms with Gasteiger partial charge in [-0.15, -0.1) is 0 Å². The lowest BCUT2D eigenvalue weighted by Gasteiger charge is -2.19. The molecule has 1 aliphatic carbocycles. The van der Waals surface area contributed by atoms with E-state index in [1.807, 2.05) is 0 Å². The topological polar surface area (TPSA) is 59.8 Å². The van der Waals surface area contributed by atoms with E-state index < -0.39 is 47.8 Å². The quantitative estimate of drug-likeness (QED) is 0.539. The minimum atomic E-state index is -2.95. The zero-order valence-electron chi connectivity index (χ0n) is 16.6. The first-order chi connectivity index (χ1) is 14.7. The first kappa shape index (κ1) is 21.2.